The van der Waals surface area contributed by atoms with Crippen LogP contribution in [0.1, 0.15) is 32.8 Å². The van der Waals surface area contributed by atoms with E-state index in [4.69, 9.17) is 11.6 Å². The molecule has 3 heteroatoms. The van der Waals surface area contributed by atoms with E-state index in [2.05, 4.69) is 37.3 Å². The molecule has 0 fully saturated rings. The molecule has 1 nitrogen and oxygen atoms in total. The SMILES string of the molecule is CC1=Cc2ccccc2[CH]1[Zr+].Cc1ccc([O-])c(C)c1Cl. The fraction of sp³-hybridized carbons (Fsp3) is 0.222. The summed E-state index contributed by atoms with van der Waals surface area (Å²) >= 11 is 7.39. The predicted octanol–water partition coefficient (Wildman–Crippen LogP) is 4.72. The number of hydrogen-bond donors (Lipinski definition) is 0. The van der Waals surface area contributed by atoms with Crippen LogP contribution in [0.2, 0.25) is 5.02 Å². The van der Waals surface area contributed by atoms with Crippen molar-refractivity contribution in [3.8, 4) is 5.75 Å². The summed E-state index contributed by atoms with van der Waals surface area (Å²) in [4.78, 5) is 0. The minimum absolute atomic E-state index is 0.00981. The molecule has 106 valence electrons. The number of allylic oxidation sites excluding steroid dienone is 1. The molecule has 0 aromatic heterocycles. The first-order chi connectivity index (χ1) is 9.91. The normalized spacial score (nSPS) is 15.8. The third kappa shape index (κ3) is 3.68. The number of fused-ring (bicyclic) bond motifs is 1. The average molecular weight is 376 g/mol. The monoisotopic (exact) mass is 374 g/mol. The molecule has 1 unspecified atom stereocenters. The summed E-state index contributed by atoms with van der Waals surface area (Å²) in [6, 6.07) is 11.9. The van der Waals surface area contributed by atoms with Crippen molar-refractivity contribution in [2.75, 3.05) is 0 Å². The zero-order valence-electron chi connectivity index (χ0n) is 12.4. The molecule has 0 heterocycles. The first-order valence-electron chi connectivity index (χ1n) is 6.82. The van der Waals surface area contributed by atoms with E-state index in [1.54, 1.807) is 37.7 Å². The minimum Gasteiger partial charge on any atom is -0.872 e. The molecule has 1 atom stereocenters. The standard InChI is InChI=1S/C10H9.C8H9ClO.Zr/c1-8-6-9-4-2-3-5-10(9)7-8;1-5-3-4-7(10)6(2)8(5)9;/h2-7H,1H3;3-4,10H,1-2H3;/q;;+1/p-1. The molecule has 1 aliphatic carbocycles. The van der Waals surface area contributed by atoms with E-state index in [9.17, 15) is 5.11 Å². The van der Waals surface area contributed by atoms with Gasteiger partial charge in [-0.2, -0.15) is 0 Å². The Morgan fingerprint density at radius 2 is 1.71 bits per heavy atom. The van der Waals surface area contributed by atoms with Gasteiger partial charge < -0.3 is 5.11 Å². The van der Waals surface area contributed by atoms with Crippen LogP contribution in [0, 0.1) is 13.8 Å². The van der Waals surface area contributed by atoms with Gasteiger partial charge in [-0.25, -0.2) is 0 Å². The summed E-state index contributed by atoms with van der Waals surface area (Å²) in [6.45, 7) is 5.84. The van der Waals surface area contributed by atoms with Crippen molar-refractivity contribution < 1.29 is 29.8 Å². The summed E-state index contributed by atoms with van der Waals surface area (Å²) in [6.07, 6.45) is 2.30. The second-order valence-electron chi connectivity index (χ2n) is 5.27. The molecule has 0 amide bonds. The molecule has 0 saturated heterocycles. The molecule has 2 aromatic rings. The Balaban J connectivity index is 0.000000155. The topological polar surface area (TPSA) is 23.1 Å². The predicted molar refractivity (Wildman–Crippen MR) is 83.2 cm³/mol. The van der Waals surface area contributed by atoms with E-state index in [1.807, 2.05) is 6.92 Å². The van der Waals surface area contributed by atoms with Crippen molar-refractivity contribution >= 4 is 17.7 Å². The van der Waals surface area contributed by atoms with Crippen molar-refractivity contribution in [3.05, 3.63) is 69.2 Å². The Kier molecular flexibility index (Phi) is 5.46. The number of rotatable bonds is 0. The van der Waals surface area contributed by atoms with Gasteiger partial charge in [0.25, 0.3) is 0 Å². The quantitative estimate of drug-likeness (QED) is 0.653. The van der Waals surface area contributed by atoms with Gasteiger partial charge in [-0.1, -0.05) is 23.7 Å². The van der Waals surface area contributed by atoms with Crippen molar-refractivity contribution in [3.63, 3.8) is 0 Å². The van der Waals surface area contributed by atoms with Gasteiger partial charge in [0.2, 0.25) is 0 Å². The Bertz CT molecular complexity index is 665. The van der Waals surface area contributed by atoms with E-state index in [0.717, 1.165) is 9.19 Å². The molecule has 0 radical (unpaired) electrons. The van der Waals surface area contributed by atoms with Crippen LogP contribution < -0.4 is 5.11 Å². The third-order valence-corrected chi connectivity index (χ3v) is 6.14. The van der Waals surface area contributed by atoms with Gasteiger partial charge >= 0.3 is 82.3 Å². The van der Waals surface area contributed by atoms with E-state index in [0.29, 0.717) is 10.6 Å². The van der Waals surface area contributed by atoms with Crippen LogP contribution >= 0.6 is 11.6 Å². The zero-order valence-corrected chi connectivity index (χ0v) is 15.6. The zero-order chi connectivity index (χ0) is 15.6. The second-order valence-corrected chi connectivity index (χ2v) is 7.07. The van der Waals surface area contributed by atoms with Crippen LogP contribution in [0.5, 0.6) is 5.75 Å². The Morgan fingerprint density at radius 3 is 2.33 bits per heavy atom. The van der Waals surface area contributed by atoms with Crippen LogP contribution in [0.25, 0.3) is 6.08 Å². The third-order valence-electron chi connectivity index (χ3n) is 3.68. The first-order valence-corrected chi connectivity index (χ1v) is 8.62. The molecule has 3 rings (SSSR count). The maximum Gasteiger partial charge on any atom is 0.0458 e. The molecule has 0 bridgehead atoms. The molecular formula is C18H17ClOZr. The molecule has 1 aliphatic rings. The van der Waals surface area contributed by atoms with Gasteiger partial charge in [-0.3, -0.25) is 0 Å². The largest absolute Gasteiger partial charge is 0.872 e. The van der Waals surface area contributed by atoms with Crippen LogP contribution in [0.4, 0.5) is 0 Å². The van der Waals surface area contributed by atoms with Crippen LogP contribution in [-0.2, 0) is 24.7 Å². The summed E-state index contributed by atoms with van der Waals surface area (Å²) in [5, 5.41) is 11.5. The fourth-order valence-electron chi connectivity index (χ4n) is 2.28. The summed E-state index contributed by atoms with van der Waals surface area (Å²) < 4.78 is 0.721. The molecular weight excluding hydrogens is 359 g/mol. The number of benzene rings is 2. The van der Waals surface area contributed by atoms with Gasteiger partial charge in [0.1, 0.15) is 0 Å². The van der Waals surface area contributed by atoms with Gasteiger partial charge in [-0.15, -0.1) is 5.75 Å². The first kappa shape index (κ1) is 16.5. The van der Waals surface area contributed by atoms with Gasteiger partial charge in [0.05, 0.1) is 0 Å². The Morgan fingerprint density at radius 1 is 1.05 bits per heavy atom. The van der Waals surface area contributed by atoms with E-state index >= 15 is 0 Å². The summed E-state index contributed by atoms with van der Waals surface area (Å²) in [5.74, 6) is 0.00981. The summed E-state index contributed by atoms with van der Waals surface area (Å²) in [5.41, 5.74) is 6.06. The second kappa shape index (κ2) is 6.94. The maximum atomic E-state index is 10.9. The van der Waals surface area contributed by atoms with Gasteiger partial charge in [0.15, 0.2) is 0 Å². The molecule has 2 aromatic carbocycles. The maximum absolute atomic E-state index is 10.9. The number of aryl methyl sites for hydroxylation is 1. The number of hydrogen-bond acceptors (Lipinski definition) is 1. The van der Waals surface area contributed by atoms with E-state index in [1.165, 1.54) is 22.8 Å². The van der Waals surface area contributed by atoms with Crippen molar-refractivity contribution in [2.24, 2.45) is 0 Å². The molecule has 0 spiro atoms. The average Bonchev–Trinajstić information content (AvgIpc) is 2.77. The van der Waals surface area contributed by atoms with Gasteiger partial charge in [-0.05, 0) is 25.0 Å². The number of halogens is 1. The smallest absolute Gasteiger partial charge is 0.0458 e. The van der Waals surface area contributed by atoms with Crippen LogP contribution in [-0.4, -0.2) is 0 Å². The van der Waals surface area contributed by atoms with Crippen LogP contribution in [0.3, 0.4) is 0 Å². The van der Waals surface area contributed by atoms with Gasteiger partial charge in [0, 0.05) is 5.02 Å². The van der Waals surface area contributed by atoms with Crippen molar-refractivity contribution in [1.82, 2.24) is 0 Å². The summed E-state index contributed by atoms with van der Waals surface area (Å²) in [7, 11) is 0. The molecule has 0 aliphatic heterocycles. The van der Waals surface area contributed by atoms with Crippen LogP contribution in [0.15, 0.2) is 42.0 Å². The molecule has 21 heavy (non-hydrogen) atoms. The van der Waals surface area contributed by atoms with E-state index < -0.39 is 0 Å². The van der Waals surface area contributed by atoms with Crippen molar-refractivity contribution in [1.29, 1.82) is 0 Å². The Hall–Kier alpha value is -0.847. The fourth-order valence-corrected chi connectivity index (χ4v) is 3.29. The molecule has 0 saturated carbocycles. The Labute approximate surface area is 146 Å². The molecule has 0 N–H and O–H groups in total. The van der Waals surface area contributed by atoms with Crippen molar-refractivity contribution in [2.45, 2.75) is 24.4 Å². The minimum atomic E-state index is 0.00981. The van der Waals surface area contributed by atoms with E-state index in [-0.39, 0.29) is 5.75 Å².